The third kappa shape index (κ3) is 4.93. The second-order valence-electron chi connectivity index (χ2n) is 7.20. The molecular formula is C25H23N5O. The Bertz CT molecular complexity index is 1170. The summed E-state index contributed by atoms with van der Waals surface area (Å²) in [6.45, 7) is 4.08. The number of carbonyl (C=O) groups excluding carboxylic acids is 1. The van der Waals surface area contributed by atoms with E-state index in [1.165, 1.54) is 5.56 Å². The number of hydrogen-bond donors (Lipinski definition) is 2. The summed E-state index contributed by atoms with van der Waals surface area (Å²) in [6.07, 6.45) is 7.97. The first-order valence-corrected chi connectivity index (χ1v) is 10.1. The van der Waals surface area contributed by atoms with Gasteiger partial charge in [0.05, 0.1) is 0 Å². The average Bonchev–Trinajstić information content (AvgIpc) is 2.82. The molecule has 2 aromatic carbocycles. The Morgan fingerprint density at radius 1 is 0.935 bits per heavy atom. The van der Waals surface area contributed by atoms with Gasteiger partial charge in [-0.05, 0) is 54.8 Å². The fourth-order valence-corrected chi connectivity index (χ4v) is 3.13. The number of hydrogen-bond acceptors (Lipinski definition) is 5. The highest BCUT2D eigenvalue weighted by molar-refractivity contribution is 6.04. The van der Waals surface area contributed by atoms with Crippen LogP contribution < -0.4 is 10.6 Å². The summed E-state index contributed by atoms with van der Waals surface area (Å²) in [5.41, 5.74) is 6.23. The number of carbonyl (C=O) groups is 1. The Kier molecular flexibility index (Phi) is 5.98. The maximum Gasteiger partial charge on any atom is 0.255 e. The number of aromatic nitrogens is 3. The zero-order valence-electron chi connectivity index (χ0n) is 17.5. The Hall–Kier alpha value is -4.06. The fraction of sp³-hybridized carbons (Fsp3) is 0.120. The standard InChI is InChI=1S/C25H23N5O/c1-3-18-7-9-19(10-8-18)24(31)29-22-11-6-17(2)23(13-22)30-25-27-15-21(16-28-25)20-5-4-12-26-14-20/h4-16H,3H2,1-2H3,(H,29,31)(H,27,28,30). The van der Waals surface area contributed by atoms with Gasteiger partial charge in [0.25, 0.3) is 5.91 Å². The molecule has 0 radical (unpaired) electrons. The minimum Gasteiger partial charge on any atom is -0.324 e. The Morgan fingerprint density at radius 3 is 2.39 bits per heavy atom. The van der Waals surface area contributed by atoms with E-state index >= 15 is 0 Å². The van der Waals surface area contributed by atoms with Gasteiger partial charge < -0.3 is 10.6 Å². The monoisotopic (exact) mass is 409 g/mol. The molecule has 0 aliphatic carbocycles. The second-order valence-corrected chi connectivity index (χ2v) is 7.20. The van der Waals surface area contributed by atoms with Crippen molar-refractivity contribution in [1.82, 2.24) is 15.0 Å². The highest BCUT2D eigenvalue weighted by Gasteiger charge is 2.09. The van der Waals surface area contributed by atoms with E-state index in [0.717, 1.165) is 28.8 Å². The zero-order valence-corrected chi connectivity index (χ0v) is 17.5. The molecule has 0 spiro atoms. The molecule has 0 fully saturated rings. The smallest absolute Gasteiger partial charge is 0.255 e. The van der Waals surface area contributed by atoms with E-state index in [1.807, 2.05) is 61.5 Å². The third-order valence-corrected chi connectivity index (χ3v) is 5.01. The first-order chi connectivity index (χ1) is 15.1. The number of nitrogens with zero attached hydrogens (tertiary/aromatic N) is 3. The zero-order chi connectivity index (χ0) is 21.6. The van der Waals surface area contributed by atoms with Crippen LogP contribution in [0.5, 0.6) is 0 Å². The summed E-state index contributed by atoms with van der Waals surface area (Å²) in [6, 6.07) is 17.2. The average molecular weight is 409 g/mol. The van der Waals surface area contributed by atoms with Gasteiger partial charge in [0.2, 0.25) is 5.95 Å². The van der Waals surface area contributed by atoms with E-state index in [9.17, 15) is 4.79 Å². The van der Waals surface area contributed by atoms with Gasteiger partial charge in [-0.3, -0.25) is 9.78 Å². The molecule has 2 N–H and O–H groups in total. The molecule has 2 heterocycles. The third-order valence-electron chi connectivity index (χ3n) is 5.01. The first-order valence-electron chi connectivity index (χ1n) is 10.1. The molecule has 4 rings (SSSR count). The summed E-state index contributed by atoms with van der Waals surface area (Å²) in [4.78, 5) is 25.5. The normalized spacial score (nSPS) is 10.5. The highest BCUT2D eigenvalue weighted by Crippen LogP contribution is 2.24. The first kappa shape index (κ1) is 20.2. The van der Waals surface area contributed by atoms with Crippen LogP contribution in [0.3, 0.4) is 0 Å². The van der Waals surface area contributed by atoms with Crippen molar-refractivity contribution in [3.63, 3.8) is 0 Å². The largest absolute Gasteiger partial charge is 0.324 e. The van der Waals surface area contributed by atoms with Crippen molar-refractivity contribution in [3.8, 4) is 11.1 Å². The van der Waals surface area contributed by atoms with Crippen LogP contribution in [0.1, 0.15) is 28.4 Å². The number of aryl methyl sites for hydroxylation is 2. The van der Waals surface area contributed by atoms with Crippen LogP contribution >= 0.6 is 0 Å². The van der Waals surface area contributed by atoms with Crippen molar-refractivity contribution in [2.24, 2.45) is 0 Å². The second kappa shape index (κ2) is 9.17. The predicted octanol–water partition coefficient (Wildman–Crippen LogP) is 5.41. The van der Waals surface area contributed by atoms with Crippen LogP contribution in [0.25, 0.3) is 11.1 Å². The number of pyridine rings is 1. The van der Waals surface area contributed by atoms with Crippen molar-refractivity contribution in [1.29, 1.82) is 0 Å². The molecule has 0 aliphatic heterocycles. The van der Waals surface area contributed by atoms with Crippen molar-refractivity contribution in [2.75, 3.05) is 10.6 Å². The van der Waals surface area contributed by atoms with E-state index in [2.05, 4.69) is 32.5 Å². The summed E-state index contributed by atoms with van der Waals surface area (Å²) < 4.78 is 0. The van der Waals surface area contributed by atoms with E-state index in [0.29, 0.717) is 17.2 Å². The number of benzene rings is 2. The Balaban J connectivity index is 1.48. The molecule has 0 saturated heterocycles. The van der Waals surface area contributed by atoms with E-state index in [-0.39, 0.29) is 5.91 Å². The van der Waals surface area contributed by atoms with Crippen LogP contribution in [0, 0.1) is 6.92 Å². The molecule has 2 aromatic heterocycles. The van der Waals surface area contributed by atoms with Crippen LogP contribution in [0.15, 0.2) is 79.4 Å². The maximum absolute atomic E-state index is 12.6. The molecular weight excluding hydrogens is 386 g/mol. The number of nitrogens with one attached hydrogen (secondary N) is 2. The van der Waals surface area contributed by atoms with Crippen molar-refractivity contribution in [2.45, 2.75) is 20.3 Å². The Labute approximate surface area is 181 Å². The lowest BCUT2D eigenvalue weighted by Crippen LogP contribution is -2.12. The molecule has 31 heavy (non-hydrogen) atoms. The van der Waals surface area contributed by atoms with E-state index in [1.54, 1.807) is 24.8 Å². The molecule has 4 aromatic rings. The lowest BCUT2D eigenvalue weighted by atomic mass is 10.1. The van der Waals surface area contributed by atoms with Gasteiger partial charge in [0.15, 0.2) is 0 Å². The molecule has 154 valence electrons. The minimum absolute atomic E-state index is 0.144. The van der Waals surface area contributed by atoms with E-state index < -0.39 is 0 Å². The number of amides is 1. The van der Waals surface area contributed by atoms with Gasteiger partial charge in [-0.15, -0.1) is 0 Å². The van der Waals surface area contributed by atoms with Crippen molar-refractivity contribution < 1.29 is 4.79 Å². The molecule has 6 heteroatoms. The summed E-state index contributed by atoms with van der Waals surface area (Å²) in [7, 11) is 0. The minimum atomic E-state index is -0.144. The SMILES string of the molecule is CCc1ccc(C(=O)Nc2ccc(C)c(Nc3ncc(-c4cccnc4)cn3)c2)cc1. The van der Waals surface area contributed by atoms with Gasteiger partial charge in [-0.2, -0.15) is 0 Å². The molecule has 0 bridgehead atoms. The lowest BCUT2D eigenvalue weighted by molar-refractivity contribution is 0.102. The summed E-state index contributed by atoms with van der Waals surface area (Å²) in [5, 5.41) is 6.18. The van der Waals surface area contributed by atoms with Crippen LogP contribution in [-0.4, -0.2) is 20.9 Å². The van der Waals surface area contributed by atoms with Gasteiger partial charge in [0, 0.05) is 52.9 Å². The summed E-state index contributed by atoms with van der Waals surface area (Å²) >= 11 is 0. The molecule has 0 aliphatic rings. The number of rotatable bonds is 6. The maximum atomic E-state index is 12.6. The molecule has 0 saturated carbocycles. The van der Waals surface area contributed by atoms with Gasteiger partial charge >= 0.3 is 0 Å². The van der Waals surface area contributed by atoms with Crippen molar-refractivity contribution >= 4 is 23.2 Å². The van der Waals surface area contributed by atoms with Crippen molar-refractivity contribution in [3.05, 3.63) is 96.1 Å². The highest BCUT2D eigenvalue weighted by atomic mass is 16.1. The van der Waals surface area contributed by atoms with Gasteiger partial charge in [-0.1, -0.05) is 31.2 Å². The molecule has 1 amide bonds. The lowest BCUT2D eigenvalue weighted by Gasteiger charge is -2.12. The topological polar surface area (TPSA) is 79.8 Å². The quantitative estimate of drug-likeness (QED) is 0.445. The van der Waals surface area contributed by atoms with Crippen LogP contribution in [0.2, 0.25) is 0 Å². The van der Waals surface area contributed by atoms with Gasteiger partial charge in [0.1, 0.15) is 0 Å². The molecule has 6 nitrogen and oxygen atoms in total. The molecule has 0 unspecified atom stereocenters. The fourth-order valence-electron chi connectivity index (χ4n) is 3.13. The van der Waals surface area contributed by atoms with E-state index in [4.69, 9.17) is 0 Å². The number of anilines is 3. The molecule has 0 atom stereocenters. The van der Waals surface area contributed by atoms with Gasteiger partial charge in [-0.25, -0.2) is 9.97 Å². The van der Waals surface area contributed by atoms with Crippen LogP contribution in [-0.2, 0) is 6.42 Å². The van der Waals surface area contributed by atoms with Crippen LogP contribution in [0.4, 0.5) is 17.3 Å². The Morgan fingerprint density at radius 2 is 1.71 bits per heavy atom. The predicted molar refractivity (Wildman–Crippen MR) is 123 cm³/mol. The summed E-state index contributed by atoms with van der Waals surface area (Å²) in [5.74, 6) is 0.337.